The van der Waals surface area contributed by atoms with E-state index >= 15 is 0 Å². The topological polar surface area (TPSA) is 180 Å². The Labute approximate surface area is 396 Å². The molecule has 316 valence electrons. The summed E-state index contributed by atoms with van der Waals surface area (Å²) in [6, 6.07) is 40.6. The van der Waals surface area contributed by atoms with Crippen molar-refractivity contribution in [1.29, 1.82) is 0 Å². The van der Waals surface area contributed by atoms with Crippen molar-refractivity contribution in [3.8, 4) is 22.5 Å². The Kier molecular flexibility index (Phi) is 8.07. The molecule has 1 aliphatic rings. The van der Waals surface area contributed by atoms with Gasteiger partial charge >= 0.3 is 0 Å². The Morgan fingerprint density at radius 1 is 0.324 bits per heavy atom. The molecule has 0 aliphatic heterocycles. The summed E-state index contributed by atoms with van der Waals surface area (Å²) in [6.07, 6.45) is 3.56. The summed E-state index contributed by atoms with van der Waals surface area (Å²) in [4.78, 5) is 39.1. The first kappa shape index (κ1) is 37.8. The van der Waals surface area contributed by atoms with Gasteiger partial charge in [-0.15, -0.1) is 11.3 Å². The van der Waals surface area contributed by atoms with Crippen molar-refractivity contribution in [1.82, 2.24) is 66.1 Å². The summed E-state index contributed by atoms with van der Waals surface area (Å²) in [5.41, 5.74) is 18.9. The number of thiophene rings is 1. The highest BCUT2D eigenvalue weighted by Gasteiger charge is 2.25. The summed E-state index contributed by atoms with van der Waals surface area (Å²) in [5.74, 6) is 0. The Balaban J connectivity index is 0.0000000933. The van der Waals surface area contributed by atoms with Crippen molar-refractivity contribution >= 4 is 177 Å². The van der Waals surface area contributed by atoms with Gasteiger partial charge in [0.05, 0.1) is 102 Å². The SMILES string of the molecule is c1cc2c3c(cccc3c1)-c1nc3cc4nsnc4cc3nc1-2.c1ccc2c(c1)sc1nc3cc4nsnc4cc3nc12.c1cnc2c(c1)c1nc3cc4nsnc4cc3nc1c1cccnc12. The molecular formula is C50H22N14S4. The molecule has 0 saturated heterocycles. The van der Waals surface area contributed by atoms with Crippen LogP contribution in [0.3, 0.4) is 0 Å². The second-order valence-electron chi connectivity index (χ2n) is 16.1. The number of hydrogen-bond acceptors (Lipinski definition) is 18. The van der Waals surface area contributed by atoms with Crippen LogP contribution in [0.4, 0.5) is 0 Å². The number of hydrogen-bond donors (Lipinski definition) is 0. The number of pyridine rings is 2. The molecule has 0 bridgehead atoms. The molecule has 0 saturated carbocycles. The third-order valence-corrected chi connectivity index (χ3v) is 14.9. The highest BCUT2D eigenvalue weighted by atomic mass is 32.1. The number of nitrogens with zero attached hydrogens (tertiary/aromatic N) is 14. The van der Waals surface area contributed by atoms with E-state index in [9.17, 15) is 0 Å². The molecule has 0 unspecified atom stereocenters. The average molecular weight is 947 g/mol. The van der Waals surface area contributed by atoms with E-state index in [0.29, 0.717) is 0 Å². The molecule has 0 spiro atoms. The van der Waals surface area contributed by atoms with E-state index in [1.54, 1.807) is 23.7 Å². The van der Waals surface area contributed by atoms with Crippen molar-refractivity contribution in [3.63, 3.8) is 0 Å². The van der Waals surface area contributed by atoms with Gasteiger partial charge < -0.3 is 0 Å². The second kappa shape index (κ2) is 14.5. The van der Waals surface area contributed by atoms with Gasteiger partial charge in [-0.05, 0) is 72.1 Å². The van der Waals surface area contributed by atoms with Crippen LogP contribution in [0.5, 0.6) is 0 Å². The molecule has 16 aromatic rings. The maximum absolute atomic E-state index is 4.90. The normalized spacial score (nSPS) is 12.1. The molecule has 0 atom stereocenters. The lowest BCUT2D eigenvalue weighted by molar-refractivity contribution is 1.32. The van der Waals surface area contributed by atoms with Gasteiger partial charge in [-0.1, -0.05) is 54.6 Å². The predicted octanol–water partition coefficient (Wildman–Crippen LogP) is 12.3. The van der Waals surface area contributed by atoms with Crippen LogP contribution in [0.25, 0.3) is 153 Å². The van der Waals surface area contributed by atoms with Gasteiger partial charge in [0, 0.05) is 49.8 Å². The first-order valence-corrected chi connectivity index (χ1v) is 24.2. The third-order valence-electron chi connectivity index (χ3n) is 12.2. The molecule has 1 aliphatic carbocycles. The zero-order valence-corrected chi connectivity index (χ0v) is 37.9. The van der Waals surface area contributed by atoms with Gasteiger partial charge in [0.2, 0.25) is 0 Å². The van der Waals surface area contributed by atoms with E-state index in [1.165, 1.54) is 67.2 Å². The number of fused-ring (bicyclic) bond motifs is 18. The standard InChI is InChI=1S/C18H8N6S.C18H8N4S.C14H6N4S2/c1-3-9-15(19-5-1)16-10(4-2-6-20-16)18-17(9)21-11-7-13-14(24-25-23-13)8-12(11)22-18;1-3-9-4-2-6-11-16(9)10(5-1)17-18(11)20-13-8-15-14(21-23-22-15)7-12(13)19-17;1-2-4-12-7(3-1)13-14(19-12)16-9-6-11-10(17-20-18-11)5-8(9)15-13/h1-8H;1-8H;1-6H. The zero-order valence-electron chi connectivity index (χ0n) is 34.6. The number of aromatic nitrogens is 14. The maximum Gasteiger partial charge on any atom is 0.143 e. The Hall–Kier alpha value is -8.42. The molecule has 14 nitrogen and oxygen atoms in total. The third kappa shape index (κ3) is 5.78. The van der Waals surface area contributed by atoms with E-state index in [0.717, 1.165) is 121 Å². The molecule has 0 amide bonds. The Morgan fingerprint density at radius 3 is 1.25 bits per heavy atom. The van der Waals surface area contributed by atoms with Crippen LogP contribution >= 0.6 is 46.5 Å². The van der Waals surface area contributed by atoms with Crippen LogP contribution in [0, 0.1) is 0 Å². The first-order chi connectivity index (χ1) is 33.6. The molecule has 7 aromatic carbocycles. The number of rotatable bonds is 0. The van der Waals surface area contributed by atoms with Gasteiger partial charge in [0.25, 0.3) is 0 Å². The molecule has 18 heteroatoms. The fourth-order valence-corrected chi connectivity index (χ4v) is 11.7. The van der Waals surface area contributed by atoms with Gasteiger partial charge in [-0.3, -0.25) is 9.97 Å². The zero-order chi connectivity index (χ0) is 44.5. The monoisotopic (exact) mass is 946 g/mol. The van der Waals surface area contributed by atoms with E-state index in [1.807, 2.05) is 72.8 Å². The summed E-state index contributed by atoms with van der Waals surface area (Å²) in [7, 11) is 0. The van der Waals surface area contributed by atoms with Gasteiger partial charge in [0.15, 0.2) is 0 Å². The lowest BCUT2D eigenvalue weighted by Crippen LogP contribution is -1.93. The molecule has 0 fully saturated rings. The second-order valence-corrected chi connectivity index (χ2v) is 18.7. The van der Waals surface area contributed by atoms with Gasteiger partial charge in [-0.2, -0.15) is 26.2 Å². The van der Waals surface area contributed by atoms with Crippen LogP contribution in [-0.2, 0) is 0 Å². The summed E-state index contributed by atoms with van der Waals surface area (Å²) in [6.45, 7) is 0. The average Bonchev–Trinajstić information content (AvgIpc) is 4.25. The molecule has 9 aromatic heterocycles. The van der Waals surface area contributed by atoms with Crippen molar-refractivity contribution < 1.29 is 0 Å². The largest absolute Gasteiger partial charge is 0.254 e. The highest BCUT2D eigenvalue weighted by Crippen LogP contribution is 2.46. The van der Waals surface area contributed by atoms with Crippen molar-refractivity contribution in [3.05, 3.63) is 134 Å². The van der Waals surface area contributed by atoms with E-state index < -0.39 is 0 Å². The lowest BCUT2D eigenvalue weighted by Gasteiger charge is -2.08. The molecular weight excluding hydrogens is 925 g/mol. The van der Waals surface area contributed by atoms with E-state index in [-0.39, 0.29) is 0 Å². The predicted molar refractivity (Wildman–Crippen MR) is 274 cm³/mol. The van der Waals surface area contributed by atoms with Crippen molar-refractivity contribution in [2.45, 2.75) is 0 Å². The van der Waals surface area contributed by atoms with E-state index in [4.69, 9.17) is 29.9 Å². The lowest BCUT2D eigenvalue weighted by atomic mass is 10.0. The molecule has 17 rings (SSSR count). The highest BCUT2D eigenvalue weighted by molar-refractivity contribution is 7.25. The van der Waals surface area contributed by atoms with Gasteiger partial charge in [0.1, 0.15) is 43.4 Å². The van der Waals surface area contributed by atoms with Crippen LogP contribution < -0.4 is 0 Å². The smallest absolute Gasteiger partial charge is 0.143 e. The first-order valence-electron chi connectivity index (χ1n) is 21.2. The minimum absolute atomic E-state index is 0.807. The number of benzene rings is 7. The van der Waals surface area contributed by atoms with Crippen LogP contribution in [0.1, 0.15) is 0 Å². The summed E-state index contributed by atoms with van der Waals surface area (Å²) in [5, 5.41) is 5.55. The minimum Gasteiger partial charge on any atom is -0.254 e. The molecule has 0 N–H and O–H groups in total. The minimum atomic E-state index is 0.807. The van der Waals surface area contributed by atoms with Crippen LogP contribution in [0.2, 0.25) is 0 Å². The van der Waals surface area contributed by atoms with Crippen LogP contribution in [-0.4, -0.2) is 66.1 Å². The van der Waals surface area contributed by atoms with E-state index in [2.05, 4.69) is 84.7 Å². The van der Waals surface area contributed by atoms with Crippen LogP contribution in [0.15, 0.2) is 134 Å². The Bertz CT molecular complexity index is 4590. The molecule has 68 heavy (non-hydrogen) atoms. The molecule has 0 radical (unpaired) electrons. The maximum atomic E-state index is 4.90. The van der Waals surface area contributed by atoms with Crippen molar-refractivity contribution in [2.24, 2.45) is 0 Å². The van der Waals surface area contributed by atoms with Crippen molar-refractivity contribution in [2.75, 3.05) is 0 Å². The van der Waals surface area contributed by atoms with Gasteiger partial charge in [-0.25, -0.2) is 29.9 Å². The fraction of sp³-hybridized carbons (Fsp3) is 0. The quantitative estimate of drug-likeness (QED) is 0.103. The summed E-state index contributed by atoms with van der Waals surface area (Å²) < 4.78 is 26.9. The Morgan fingerprint density at radius 2 is 0.750 bits per heavy atom. The molecule has 9 heterocycles. The fourth-order valence-electron chi connectivity index (χ4n) is 9.15. The summed E-state index contributed by atoms with van der Waals surface area (Å²) >= 11 is 5.31.